The highest BCUT2D eigenvalue weighted by molar-refractivity contribution is 7.13. The fourth-order valence-electron chi connectivity index (χ4n) is 1.83. The molecule has 0 aliphatic heterocycles. The molecule has 0 aromatic carbocycles. The van der Waals surface area contributed by atoms with Crippen LogP contribution in [0.1, 0.15) is 26.0 Å². The Balaban J connectivity index is 1.65. The van der Waals surface area contributed by atoms with E-state index in [1.165, 1.54) is 0 Å². The number of nitrogens with zero attached hydrogens (tertiary/aromatic N) is 2. The van der Waals surface area contributed by atoms with Crippen LogP contribution in [0.25, 0.3) is 10.7 Å². The highest BCUT2D eigenvalue weighted by Crippen LogP contribution is 2.21. The second-order valence-electron chi connectivity index (χ2n) is 5.36. The molecule has 0 unspecified atom stereocenters. The van der Waals surface area contributed by atoms with Crippen LogP contribution in [0.15, 0.2) is 29.8 Å². The highest BCUT2D eigenvalue weighted by Gasteiger charge is 2.04. The summed E-state index contributed by atoms with van der Waals surface area (Å²) in [5.41, 5.74) is 2.01. The van der Waals surface area contributed by atoms with Crippen molar-refractivity contribution >= 4 is 11.3 Å². The van der Waals surface area contributed by atoms with Crippen molar-refractivity contribution in [3.05, 3.63) is 35.5 Å². The van der Waals surface area contributed by atoms with Crippen LogP contribution >= 0.6 is 11.3 Å². The normalized spacial score (nSPS) is 11.2. The van der Waals surface area contributed by atoms with E-state index in [0.29, 0.717) is 5.92 Å². The molecule has 0 amide bonds. The molecular formula is C16H23N3OS. The molecule has 0 bridgehead atoms. The number of nitrogens with one attached hydrogen (secondary N) is 1. The van der Waals surface area contributed by atoms with Crippen LogP contribution in [0.3, 0.4) is 0 Å². The van der Waals surface area contributed by atoms with E-state index < -0.39 is 0 Å². The lowest BCUT2D eigenvalue weighted by molar-refractivity contribution is 0.108. The fourth-order valence-corrected chi connectivity index (χ4v) is 2.62. The van der Waals surface area contributed by atoms with Crippen molar-refractivity contribution in [2.75, 3.05) is 19.8 Å². The van der Waals surface area contributed by atoms with Crippen LogP contribution in [0, 0.1) is 5.92 Å². The Morgan fingerprint density at radius 2 is 2.24 bits per heavy atom. The fraction of sp³-hybridized carbons (Fsp3) is 0.500. The second-order valence-corrected chi connectivity index (χ2v) is 6.22. The van der Waals surface area contributed by atoms with E-state index in [9.17, 15) is 0 Å². The first-order chi connectivity index (χ1) is 10.3. The van der Waals surface area contributed by atoms with Crippen LogP contribution < -0.4 is 5.32 Å². The van der Waals surface area contributed by atoms with Crippen molar-refractivity contribution in [3.63, 3.8) is 0 Å². The van der Waals surface area contributed by atoms with Crippen LogP contribution in [-0.4, -0.2) is 29.7 Å². The van der Waals surface area contributed by atoms with Crippen molar-refractivity contribution in [1.82, 2.24) is 15.3 Å². The number of pyridine rings is 1. The Labute approximate surface area is 130 Å². The van der Waals surface area contributed by atoms with E-state index in [4.69, 9.17) is 4.74 Å². The van der Waals surface area contributed by atoms with E-state index in [1.807, 2.05) is 18.2 Å². The molecule has 0 aliphatic carbocycles. The van der Waals surface area contributed by atoms with Crippen LogP contribution in [-0.2, 0) is 11.3 Å². The molecule has 0 fully saturated rings. The molecule has 4 nitrogen and oxygen atoms in total. The van der Waals surface area contributed by atoms with Gasteiger partial charge in [0.15, 0.2) is 0 Å². The summed E-state index contributed by atoms with van der Waals surface area (Å²) in [6, 6.07) is 5.89. The average molecular weight is 305 g/mol. The van der Waals surface area contributed by atoms with Gasteiger partial charge in [0.05, 0.1) is 11.4 Å². The van der Waals surface area contributed by atoms with Gasteiger partial charge < -0.3 is 10.1 Å². The van der Waals surface area contributed by atoms with E-state index in [1.54, 1.807) is 17.5 Å². The summed E-state index contributed by atoms with van der Waals surface area (Å²) in [5, 5.41) is 6.47. The molecule has 2 aromatic rings. The summed E-state index contributed by atoms with van der Waals surface area (Å²) >= 11 is 1.64. The minimum absolute atomic E-state index is 0.609. The second kappa shape index (κ2) is 8.87. The van der Waals surface area contributed by atoms with Gasteiger partial charge in [-0.1, -0.05) is 19.9 Å². The summed E-state index contributed by atoms with van der Waals surface area (Å²) in [6.45, 7) is 7.75. The molecule has 0 aliphatic rings. The third-order valence-electron chi connectivity index (χ3n) is 2.84. The number of ether oxygens (including phenoxy) is 1. The van der Waals surface area contributed by atoms with Gasteiger partial charge in [0.25, 0.3) is 0 Å². The standard InChI is InChI=1S/C16H23N3OS/c1-13(2)11-20-9-5-7-17-10-14-12-21-16(19-14)15-6-3-4-8-18-15/h3-4,6,8,12-13,17H,5,7,9-11H2,1-2H3. The van der Waals surface area contributed by atoms with Gasteiger partial charge in [-0.15, -0.1) is 11.3 Å². The molecule has 1 N–H and O–H groups in total. The van der Waals surface area contributed by atoms with E-state index in [-0.39, 0.29) is 0 Å². The van der Waals surface area contributed by atoms with Gasteiger partial charge in [-0.2, -0.15) is 0 Å². The van der Waals surface area contributed by atoms with Crippen LogP contribution in [0.5, 0.6) is 0 Å². The van der Waals surface area contributed by atoms with Crippen molar-refractivity contribution in [3.8, 4) is 10.7 Å². The SMILES string of the molecule is CC(C)COCCCNCc1csc(-c2ccccn2)n1. The van der Waals surface area contributed by atoms with Gasteiger partial charge in [-0.3, -0.25) is 4.98 Å². The van der Waals surface area contributed by atoms with Gasteiger partial charge in [0, 0.05) is 31.3 Å². The molecule has 114 valence electrons. The van der Waals surface area contributed by atoms with E-state index >= 15 is 0 Å². The first-order valence-corrected chi connectivity index (χ1v) is 8.28. The molecule has 2 aromatic heterocycles. The number of hydrogen-bond donors (Lipinski definition) is 1. The predicted octanol–water partition coefficient (Wildman–Crippen LogP) is 3.36. The maximum Gasteiger partial charge on any atom is 0.142 e. The van der Waals surface area contributed by atoms with E-state index in [2.05, 4.69) is 34.5 Å². The number of rotatable bonds is 9. The largest absolute Gasteiger partial charge is 0.381 e. The van der Waals surface area contributed by atoms with Gasteiger partial charge in [0.1, 0.15) is 5.01 Å². The number of aromatic nitrogens is 2. The Bertz CT molecular complexity index is 513. The molecule has 0 atom stereocenters. The summed E-state index contributed by atoms with van der Waals surface area (Å²) < 4.78 is 5.55. The molecule has 0 spiro atoms. The van der Waals surface area contributed by atoms with Crippen LogP contribution in [0.2, 0.25) is 0 Å². The quantitative estimate of drug-likeness (QED) is 0.722. The van der Waals surface area contributed by atoms with E-state index in [0.717, 1.165) is 49.1 Å². The molecular weight excluding hydrogens is 282 g/mol. The lowest BCUT2D eigenvalue weighted by atomic mass is 10.2. The van der Waals surface area contributed by atoms with Gasteiger partial charge in [-0.25, -0.2) is 4.98 Å². The van der Waals surface area contributed by atoms with Gasteiger partial charge in [0.2, 0.25) is 0 Å². The molecule has 2 rings (SSSR count). The Morgan fingerprint density at radius 3 is 3.00 bits per heavy atom. The van der Waals surface area contributed by atoms with Crippen molar-refractivity contribution in [1.29, 1.82) is 0 Å². The molecule has 21 heavy (non-hydrogen) atoms. The molecule has 0 saturated heterocycles. The predicted molar refractivity (Wildman–Crippen MR) is 87.3 cm³/mol. The Morgan fingerprint density at radius 1 is 1.33 bits per heavy atom. The molecule has 0 radical (unpaired) electrons. The number of thiazole rings is 1. The van der Waals surface area contributed by atoms with Crippen molar-refractivity contribution in [2.45, 2.75) is 26.8 Å². The van der Waals surface area contributed by atoms with Crippen molar-refractivity contribution in [2.24, 2.45) is 5.92 Å². The third-order valence-corrected chi connectivity index (χ3v) is 3.75. The minimum atomic E-state index is 0.609. The highest BCUT2D eigenvalue weighted by atomic mass is 32.1. The van der Waals surface area contributed by atoms with Gasteiger partial charge in [-0.05, 0) is 31.0 Å². The van der Waals surface area contributed by atoms with Crippen molar-refractivity contribution < 1.29 is 4.74 Å². The molecule has 5 heteroatoms. The Hall–Kier alpha value is -1.30. The molecule has 2 heterocycles. The summed E-state index contributed by atoms with van der Waals surface area (Å²) in [7, 11) is 0. The third kappa shape index (κ3) is 5.91. The summed E-state index contributed by atoms with van der Waals surface area (Å²) in [4.78, 5) is 8.92. The maximum atomic E-state index is 5.55. The van der Waals surface area contributed by atoms with Crippen LogP contribution in [0.4, 0.5) is 0 Å². The zero-order valence-electron chi connectivity index (χ0n) is 12.7. The molecule has 0 saturated carbocycles. The topological polar surface area (TPSA) is 47.0 Å². The number of hydrogen-bond acceptors (Lipinski definition) is 5. The zero-order valence-corrected chi connectivity index (χ0v) is 13.5. The average Bonchev–Trinajstić information content (AvgIpc) is 2.96. The van der Waals surface area contributed by atoms with Gasteiger partial charge >= 0.3 is 0 Å². The smallest absolute Gasteiger partial charge is 0.142 e. The lowest BCUT2D eigenvalue weighted by Crippen LogP contribution is -2.17. The summed E-state index contributed by atoms with van der Waals surface area (Å²) in [5.74, 6) is 0.609. The first kappa shape index (κ1) is 16.1. The first-order valence-electron chi connectivity index (χ1n) is 7.40. The zero-order chi connectivity index (χ0) is 14.9. The lowest BCUT2D eigenvalue weighted by Gasteiger charge is -2.06. The monoisotopic (exact) mass is 305 g/mol. The summed E-state index contributed by atoms with van der Waals surface area (Å²) in [6.07, 6.45) is 2.83. The minimum Gasteiger partial charge on any atom is -0.381 e. The maximum absolute atomic E-state index is 5.55. The Kier molecular flexibility index (Phi) is 6.79.